The molecule has 1 aromatic heterocycles. The maximum absolute atomic E-state index is 12.7. The van der Waals surface area contributed by atoms with Crippen LogP contribution in [0.25, 0.3) is 23.1 Å². The van der Waals surface area contributed by atoms with Crippen molar-refractivity contribution in [2.45, 2.75) is 6.92 Å². The van der Waals surface area contributed by atoms with Crippen LogP contribution in [0.2, 0.25) is 0 Å². The molecule has 0 spiro atoms. The molecule has 3 aromatic carbocycles. The Bertz CT molecular complexity index is 1140. The number of benzene rings is 3. The second-order valence-corrected chi connectivity index (χ2v) is 6.53. The van der Waals surface area contributed by atoms with Gasteiger partial charge in [-0.05, 0) is 36.3 Å². The van der Waals surface area contributed by atoms with E-state index in [0.29, 0.717) is 5.56 Å². The summed E-state index contributed by atoms with van der Waals surface area (Å²) in [5.74, 6) is 0.0554. The highest BCUT2D eigenvalue weighted by Gasteiger charge is 2.10. The molecule has 0 saturated carbocycles. The van der Waals surface area contributed by atoms with Gasteiger partial charge in [-0.25, -0.2) is 4.98 Å². The van der Waals surface area contributed by atoms with E-state index in [1.54, 1.807) is 0 Å². The van der Waals surface area contributed by atoms with E-state index in [2.05, 4.69) is 17.1 Å². The molecule has 1 heterocycles. The fourth-order valence-electron chi connectivity index (χ4n) is 3.08. The number of hydrogen-bond donors (Lipinski definition) is 0. The second-order valence-electron chi connectivity index (χ2n) is 6.53. The Labute approximate surface area is 158 Å². The van der Waals surface area contributed by atoms with Gasteiger partial charge in [0.15, 0.2) is 5.78 Å². The monoisotopic (exact) mass is 349 g/mol. The van der Waals surface area contributed by atoms with E-state index in [1.807, 2.05) is 91.9 Å². The van der Waals surface area contributed by atoms with Crippen LogP contribution in [-0.4, -0.2) is 10.8 Å². The van der Waals surface area contributed by atoms with Gasteiger partial charge in [0.05, 0.1) is 11.2 Å². The molecule has 4 aromatic rings. The molecule has 0 aliphatic carbocycles. The van der Waals surface area contributed by atoms with Crippen molar-refractivity contribution >= 4 is 28.8 Å². The van der Waals surface area contributed by atoms with Crippen molar-refractivity contribution in [2.24, 2.45) is 0 Å². The van der Waals surface area contributed by atoms with Gasteiger partial charge in [-0.1, -0.05) is 78.9 Å². The molecule has 0 radical (unpaired) electrons. The zero-order chi connectivity index (χ0) is 18.6. The average molecular weight is 349 g/mol. The zero-order valence-corrected chi connectivity index (χ0v) is 15.1. The summed E-state index contributed by atoms with van der Waals surface area (Å²) in [6, 6.07) is 27.5. The van der Waals surface area contributed by atoms with Gasteiger partial charge < -0.3 is 0 Å². The summed E-state index contributed by atoms with van der Waals surface area (Å²) >= 11 is 0. The molecule has 0 bridgehead atoms. The molecule has 27 heavy (non-hydrogen) atoms. The van der Waals surface area contributed by atoms with Crippen LogP contribution >= 0.6 is 0 Å². The summed E-state index contributed by atoms with van der Waals surface area (Å²) in [6.07, 6.45) is 4.00. The van der Waals surface area contributed by atoms with Crippen LogP contribution in [0, 0.1) is 6.92 Å². The number of ketones is 1. The average Bonchev–Trinajstić information content (AvgIpc) is 2.72. The molecule has 2 nitrogen and oxygen atoms in total. The first-order valence-corrected chi connectivity index (χ1v) is 8.95. The third-order valence-electron chi connectivity index (χ3n) is 4.63. The van der Waals surface area contributed by atoms with Gasteiger partial charge in [-0.3, -0.25) is 4.79 Å². The van der Waals surface area contributed by atoms with E-state index in [-0.39, 0.29) is 5.78 Å². The Morgan fingerprint density at radius 1 is 0.778 bits per heavy atom. The van der Waals surface area contributed by atoms with Crippen molar-refractivity contribution in [3.8, 4) is 0 Å². The summed E-state index contributed by atoms with van der Waals surface area (Å²) in [4.78, 5) is 17.3. The Morgan fingerprint density at radius 3 is 2.33 bits per heavy atom. The molecule has 2 heteroatoms. The van der Waals surface area contributed by atoms with E-state index in [4.69, 9.17) is 0 Å². The van der Waals surface area contributed by atoms with Crippen LogP contribution in [0.4, 0.5) is 0 Å². The van der Waals surface area contributed by atoms with Gasteiger partial charge in [0.1, 0.15) is 0 Å². The molecule has 0 amide bonds. The van der Waals surface area contributed by atoms with Gasteiger partial charge in [-0.15, -0.1) is 0 Å². The molecule has 0 aliphatic heterocycles. The van der Waals surface area contributed by atoms with Crippen molar-refractivity contribution in [3.63, 3.8) is 0 Å². The summed E-state index contributed by atoms with van der Waals surface area (Å²) in [7, 11) is 0. The molecule has 0 N–H and O–H groups in total. The Hall–Kier alpha value is -3.52. The van der Waals surface area contributed by atoms with Crippen molar-refractivity contribution < 1.29 is 4.79 Å². The van der Waals surface area contributed by atoms with Crippen molar-refractivity contribution in [1.82, 2.24) is 4.98 Å². The Balaban J connectivity index is 1.54. The van der Waals surface area contributed by atoms with Crippen LogP contribution in [0.15, 0.2) is 84.9 Å². The number of pyridine rings is 1. The maximum Gasteiger partial charge on any atom is 0.193 e. The molecular formula is C25H19NO. The summed E-state index contributed by atoms with van der Waals surface area (Å²) < 4.78 is 0. The first-order chi connectivity index (χ1) is 13.2. The minimum absolute atomic E-state index is 0.0554. The largest absolute Gasteiger partial charge is 0.289 e. The first-order valence-electron chi connectivity index (χ1n) is 8.95. The Morgan fingerprint density at radius 2 is 1.52 bits per heavy atom. The number of carbonyl (C=O) groups is 1. The van der Waals surface area contributed by atoms with Gasteiger partial charge in [0.2, 0.25) is 0 Å². The van der Waals surface area contributed by atoms with Crippen LogP contribution in [0.1, 0.15) is 32.7 Å². The summed E-state index contributed by atoms with van der Waals surface area (Å²) in [6.45, 7) is 1.96. The molecule has 0 fully saturated rings. The number of nitrogens with zero attached hydrogens (tertiary/aromatic N) is 1. The van der Waals surface area contributed by atoms with E-state index in [9.17, 15) is 4.79 Å². The lowest BCUT2D eigenvalue weighted by Gasteiger charge is -2.05. The minimum Gasteiger partial charge on any atom is -0.289 e. The molecule has 0 atom stereocenters. The standard InChI is InChI=1S/C25H19NO/c1-18-6-2-4-8-23(18)25(27)21-13-10-19(11-14-21)12-16-22-17-15-20-7-3-5-9-24(20)26-22/h2-17H,1H3. The van der Waals surface area contributed by atoms with Crippen LogP contribution in [0.5, 0.6) is 0 Å². The third-order valence-corrected chi connectivity index (χ3v) is 4.63. The topological polar surface area (TPSA) is 30.0 Å². The number of hydrogen-bond acceptors (Lipinski definition) is 2. The summed E-state index contributed by atoms with van der Waals surface area (Å²) in [5.41, 5.74) is 5.37. The molecule has 0 saturated heterocycles. The van der Waals surface area contributed by atoms with Crippen molar-refractivity contribution in [1.29, 1.82) is 0 Å². The lowest BCUT2D eigenvalue weighted by atomic mass is 9.98. The smallest absolute Gasteiger partial charge is 0.193 e. The fraction of sp³-hybridized carbons (Fsp3) is 0.0400. The molecule has 0 aliphatic rings. The lowest BCUT2D eigenvalue weighted by molar-refractivity contribution is 0.103. The van der Waals surface area contributed by atoms with Gasteiger partial charge >= 0.3 is 0 Å². The van der Waals surface area contributed by atoms with E-state index < -0.39 is 0 Å². The number of aromatic nitrogens is 1. The SMILES string of the molecule is Cc1ccccc1C(=O)c1ccc(C=Cc2ccc3ccccc3n2)cc1. The highest BCUT2D eigenvalue weighted by Crippen LogP contribution is 2.17. The van der Waals surface area contributed by atoms with E-state index >= 15 is 0 Å². The quantitative estimate of drug-likeness (QED) is 0.426. The van der Waals surface area contributed by atoms with E-state index in [1.165, 1.54) is 0 Å². The number of aryl methyl sites for hydroxylation is 1. The first kappa shape index (κ1) is 16.9. The predicted molar refractivity (Wildman–Crippen MR) is 112 cm³/mol. The minimum atomic E-state index is 0.0554. The highest BCUT2D eigenvalue weighted by atomic mass is 16.1. The van der Waals surface area contributed by atoms with Gasteiger partial charge in [0, 0.05) is 16.5 Å². The van der Waals surface area contributed by atoms with Gasteiger partial charge in [0.25, 0.3) is 0 Å². The fourth-order valence-corrected chi connectivity index (χ4v) is 3.08. The zero-order valence-electron chi connectivity index (χ0n) is 15.1. The van der Waals surface area contributed by atoms with Crippen molar-refractivity contribution in [2.75, 3.05) is 0 Å². The second kappa shape index (κ2) is 7.38. The molecule has 130 valence electrons. The Kier molecular flexibility index (Phi) is 4.63. The third kappa shape index (κ3) is 3.70. The number of para-hydroxylation sites is 1. The number of fused-ring (bicyclic) bond motifs is 1. The number of rotatable bonds is 4. The summed E-state index contributed by atoms with van der Waals surface area (Å²) in [5, 5.41) is 1.13. The maximum atomic E-state index is 12.7. The van der Waals surface area contributed by atoms with E-state index in [0.717, 1.165) is 33.3 Å². The molecule has 4 rings (SSSR count). The number of carbonyl (C=O) groups excluding carboxylic acids is 1. The highest BCUT2D eigenvalue weighted by molar-refractivity contribution is 6.09. The van der Waals surface area contributed by atoms with Crippen LogP contribution < -0.4 is 0 Å². The van der Waals surface area contributed by atoms with Crippen LogP contribution in [-0.2, 0) is 0 Å². The van der Waals surface area contributed by atoms with Gasteiger partial charge in [-0.2, -0.15) is 0 Å². The van der Waals surface area contributed by atoms with Crippen LogP contribution in [0.3, 0.4) is 0 Å². The normalized spacial score (nSPS) is 11.1. The predicted octanol–water partition coefficient (Wildman–Crippen LogP) is 5.94. The lowest BCUT2D eigenvalue weighted by Crippen LogP contribution is -2.03. The molecular weight excluding hydrogens is 330 g/mol. The molecule has 0 unspecified atom stereocenters. The van der Waals surface area contributed by atoms with Crippen molar-refractivity contribution in [3.05, 3.63) is 113 Å².